The van der Waals surface area contributed by atoms with Crippen LogP contribution in [0.5, 0.6) is 0 Å². The van der Waals surface area contributed by atoms with Crippen molar-refractivity contribution in [3.8, 4) is 0 Å². The van der Waals surface area contributed by atoms with Crippen molar-refractivity contribution in [2.24, 2.45) is 11.3 Å². The van der Waals surface area contributed by atoms with E-state index in [1.165, 1.54) is 38.5 Å². The van der Waals surface area contributed by atoms with Crippen LogP contribution >= 0.6 is 0 Å². The Bertz CT molecular complexity index is 229. The summed E-state index contributed by atoms with van der Waals surface area (Å²) in [6.07, 6.45) is 9.92. The van der Waals surface area contributed by atoms with Crippen molar-refractivity contribution in [3.63, 3.8) is 0 Å². The van der Waals surface area contributed by atoms with Crippen molar-refractivity contribution < 1.29 is 5.11 Å². The van der Waals surface area contributed by atoms with Crippen molar-refractivity contribution in [2.45, 2.75) is 77.4 Å². The van der Waals surface area contributed by atoms with E-state index in [0.717, 1.165) is 25.4 Å². The van der Waals surface area contributed by atoms with Crippen LogP contribution in [0.2, 0.25) is 0 Å². The Balaban J connectivity index is 1.65. The Hall–Kier alpha value is -0.0800. The predicted octanol–water partition coefficient (Wildman–Crippen LogP) is 3.10. The molecule has 0 amide bonds. The summed E-state index contributed by atoms with van der Waals surface area (Å²) in [4.78, 5) is 0. The second-order valence-corrected chi connectivity index (χ2v) is 7.03. The maximum Gasteiger partial charge on any atom is 0.0543 e. The first kappa shape index (κ1) is 13.4. The minimum Gasteiger partial charge on any atom is -0.393 e. The Labute approximate surface area is 106 Å². The largest absolute Gasteiger partial charge is 0.393 e. The van der Waals surface area contributed by atoms with Crippen molar-refractivity contribution >= 4 is 0 Å². The molecule has 2 aliphatic rings. The molecular weight excluding hydrogens is 210 g/mol. The van der Waals surface area contributed by atoms with Gasteiger partial charge in [0.05, 0.1) is 6.10 Å². The molecule has 2 atom stereocenters. The van der Waals surface area contributed by atoms with E-state index in [4.69, 9.17) is 0 Å². The molecule has 2 unspecified atom stereocenters. The van der Waals surface area contributed by atoms with E-state index < -0.39 is 0 Å². The molecule has 0 heterocycles. The van der Waals surface area contributed by atoms with Crippen LogP contribution in [0.4, 0.5) is 0 Å². The number of nitrogens with one attached hydrogen (secondary N) is 1. The molecule has 0 radical (unpaired) electrons. The van der Waals surface area contributed by atoms with Gasteiger partial charge in [0.1, 0.15) is 0 Å². The van der Waals surface area contributed by atoms with E-state index in [1.54, 1.807) is 0 Å². The fourth-order valence-electron chi connectivity index (χ4n) is 3.38. The molecule has 0 aromatic rings. The van der Waals surface area contributed by atoms with Gasteiger partial charge in [0.15, 0.2) is 0 Å². The van der Waals surface area contributed by atoms with Crippen LogP contribution < -0.4 is 5.32 Å². The fourth-order valence-corrected chi connectivity index (χ4v) is 3.38. The molecule has 0 aromatic carbocycles. The van der Waals surface area contributed by atoms with Gasteiger partial charge >= 0.3 is 0 Å². The zero-order chi connectivity index (χ0) is 12.3. The Kier molecular flexibility index (Phi) is 4.48. The van der Waals surface area contributed by atoms with E-state index in [9.17, 15) is 5.11 Å². The minimum absolute atomic E-state index is 0.0270. The van der Waals surface area contributed by atoms with Crippen LogP contribution in [0.25, 0.3) is 0 Å². The molecule has 2 N–H and O–H groups in total. The Morgan fingerprint density at radius 3 is 2.47 bits per heavy atom. The zero-order valence-corrected chi connectivity index (χ0v) is 11.5. The topological polar surface area (TPSA) is 32.3 Å². The Morgan fingerprint density at radius 2 is 1.82 bits per heavy atom. The van der Waals surface area contributed by atoms with Crippen LogP contribution in [0.1, 0.15) is 65.2 Å². The van der Waals surface area contributed by atoms with Crippen LogP contribution in [0, 0.1) is 11.3 Å². The van der Waals surface area contributed by atoms with Crippen LogP contribution in [-0.2, 0) is 0 Å². The van der Waals surface area contributed by atoms with Crippen LogP contribution in [0.3, 0.4) is 0 Å². The van der Waals surface area contributed by atoms with Gasteiger partial charge in [0, 0.05) is 6.04 Å². The molecule has 2 heteroatoms. The standard InChI is InChI=1S/C15H29NO/c1-15(2)8-6-13(7-9-15)16-11-12-4-3-5-14(17)10-12/h12-14,16-17H,3-11H2,1-2H3. The smallest absolute Gasteiger partial charge is 0.0543 e. The lowest BCUT2D eigenvalue weighted by molar-refractivity contribution is 0.0976. The summed E-state index contributed by atoms with van der Waals surface area (Å²) < 4.78 is 0. The second kappa shape index (κ2) is 5.71. The fraction of sp³-hybridized carbons (Fsp3) is 1.00. The van der Waals surface area contributed by atoms with Gasteiger partial charge in [0.25, 0.3) is 0 Å². The van der Waals surface area contributed by atoms with Crippen LogP contribution in [0.15, 0.2) is 0 Å². The molecule has 100 valence electrons. The highest BCUT2D eigenvalue weighted by atomic mass is 16.3. The molecule has 0 aromatic heterocycles. The van der Waals surface area contributed by atoms with Crippen molar-refractivity contribution in [1.29, 1.82) is 0 Å². The minimum atomic E-state index is -0.0270. The highest BCUT2D eigenvalue weighted by Crippen LogP contribution is 2.35. The molecule has 17 heavy (non-hydrogen) atoms. The molecule has 2 aliphatic carbocycles. The number of hydrogen-bond donors (Lipinski definition) is 2. The molecule has 0 saturated heterocycles. The van der Waals surface area contributed by atoms with E-state index >= 15 is 0 Å². The number of hydrogen-bond acceptors (Lipinski definition) is 2. The molecule has 2 saturated carbocycles. The van der Waals surface area contributed by atoms with Gasteiger partial charge in [-0.15, -0.1) is 0 Å². The molecule has 2 fully saturated rings. The normalized spacial score (nSPS) is 34.8. The lowest BCUT2D eigenvalue weighted by Crippen LogP contribution is -2.39. The van der Waals surface area contributed by atoms with Gasteiger partial charge in [-0.05, 0) is 62.8 Å². The average molecular weight is 239 g/mol. The van der Waals surface area contributed by atoms with E-state index in [0.29, 0.717) is 11.3 Å². The molecule has 0 bridgehead atoms. The molecular formula is C15H29NO. The lowest BCUT2D eigenvalue weighted by Gasteiger charge is -2.36. The zero-order valence-electron chi connectivity index (χ0n) is 11.5. The molecule has 0 spiro atoms. The monoisotopic (exact) mass is 239 g/mol. The van der Waals surface area contributed by atoms with Crippen molar-refractivity contribution in [1.82, 2.24) is 5.32 Å². The maximum atomic E-state index is 9.66. The lowest BCUT2D eigenvalue weighted by atomic mass is 9.75. The first-order chi connectivity index (χ1) is 8.05. The quantitative estimate of drug-likeness (QED) is 0.793. The summed E-state index contributed by atoms with van der Waals surface area (Å²) in [6, 6.07) is 0.738. The van der Waals surface area contributed by atoms with Gasteiger partial charge in [0.2, 0.25) is 0 Å². The summed E-state index contributed by atoms with van der Waals surface area (Å²) in [5, 5.41) is 13.4. The third-order valence-electron chi connectivity index (χ3n) is 4.79. The SMILES string of the molecule is CC1(C)CCC(NCC2CCCC(O)C2)CC1. The third-order valence-corrected chi connectivity index (χ3v) is 4.79. The number of aliphatic hydroxyl groups excluding tert-OH is 1. The van der Waals surface area contributed by atoms with Gasteiger partial charge in [-0.3, -0.25) is 0 Å². The number of aliphatic hydroxyl groups is 1. The van der Waals surface area contributed by atoms with Crippen LogP contribution in [-0.4, -0.2) is 23.8 Å². The van der Waals surface area contributed by atoms with Gasteiger partial charge < -0.3 is 10.4 Å². The second-order valence-electron chi connectivity index (χ2n) is 7.03. The van der Waals surface area contributed by atoms with E-state index in [-0.39, 0.29) is 6.10 Å². The average Bonchev–Trinajstić information content (AvgIpc) is 2.28. The molecule has 0 aliphatic heterocycles. The van der Waals surface area contributed by atoms with Gasteiger partial charge in [-0.25, -0.2) is 0 Å². The first-order valence-corrected chi connectivity index (χ1v) is 7.47. The summed E-state index contributed by atoms with van der Waals surface area (Å²) >= 11 is 0. The van der Waals surface area contributed by atoms with Gasteiger partial charge in [-0.2, -0.15) is 0 Å². The summed E-state index contributed by atoms with van der Waals surface area (Å²) in [7, 11) is 0. The summed E-state index contributed by atoms with van der Waals surface area (Å²) in [5.41, 5.74) is 0.569. The number of rotatable bonds is 3. The van der Waals surface area contributed by atoms with Crippen molar-refractivity contribution in [3.05, 3.63) is 0 Å². The van der Waals surface area contributed by atoms with E-state index in [2.05, 4.69) is 19.2 Å². The van der Waals surface area contributed by atoms with E-state index in [1.807, 2.05) is 0 Å². The predicted molar refractivity (Wildman–Crippen MR) is 72.0 cm³/mol. The third kappa shape index (κ3) is 4.26. The highest BCUT2D eigenvalue weighted by Gasteiger charge is 2.27. The first-order valence-electron chi connectivity index (χ1n) is 7.47. The Morgan fingerprint density at radius 1 is 1.12 bits per heavy atom. The molecule has 2 rings (SSSR count). The van der Waals surface area contributed by atoms with Gasteiger partial charge in [-0.1, -0.05) is 20.3 Å². The summed E-state index contributed by atoms with van der Waals surface area (Å²) in [6.45, 7) is 5.91. The van der Waals surface area contributed by atoms with Crippen molar-refractivity contribution in [2.75, 3.05) is 6.54 Å². The summed E-state index contributed by atoms with van der Waals surface area (Å²) in [5.74, 6) is 0.716. The molecule has 2 nitrogen and oxygen atoms in total. The maximum absolute atomic E-state index is 9.66. The highest BCUT2D eigenvalue weighted by molar-refractivity contribution is 4.83.